The van der Waals surface area contributed by atoms with Gasteiger partial charge in [-0.1, -0.05) is 11.6 Å². The molecule has 0 aliphatic carbocycles. The third kappa shape index (κ3) is 3.45. The van der Waals surface area contributed by atoms with Crippen molar-refractivity contribution in [2.24, 2.45) is 0 Å². The van der Waals surface area contributed by atoms with Gasteiger partial charge in [0.15, 0.2) is 5.82 Å². The quantitative estimate of drug-likeness (QED) is 0.618. The van der Waals surface area contributed by atoms with Crippen molar-refractivity contribution >= 4 is 48.9 Å². The molecule has 0 spiro atoms. The van der Waals surface area contributed by atoms with Gasteiger partial charge < -0.3 is 5.73 Å². The molecule has 0 saturated carbocycles. The molecule has 21 heavy (non-hydrogen) atoms. The van der Waals surface area contributed by atoms with Gasteiger partial charge in [0.05, 0.1) is 17.6 Å². The normalized spacial score (nSPS) is 11.4. The van der Waals surface area contributed by atoms with Crippen molar-refractivity contribution in [1.29, 1.82) is 0 Å². The number of hydrogen-bond donors (Lipinski definition) is 2. The maximum absolute atomic E-state index is 13.9. The Hall–Kier alpha value is -1.38. The summed E-state index contributed by atoms with van der Waals surface area (Å²) in [6.07, 6.45) is 1.31. The van der Waals surface area contributed by atoms with Gasteiger partial charge >= 0.3 is 0 Å². The summed E-state index contributed by atoms with van der Waals surface area (Å²) >= 11 is 8.92. The number of rotatable bonds is 3. The van der Waals surface area contributed by atoms with E-state index >= 15 is 0 Å². The zero-order valence-corrected chi connectivity index (χ0v) is 13.9. The van der Waals surface area contributed by atoms with Gasteiger partial charge in [0.1, 0.15) is 9.50 Å². The van der Waals surface area contributed by atoms with Gasteiger partial charge in [-0.15, -0.1) is 0 Å². The fourth-order valence-corrected chi connectivity index (χ4v) is 3.28. The van der Waals surface area contributed by atoms with E-state index in [0.717, 1.165) is 17.7 Å². The molecule has 112 valence electrons. The topological polar surface area (TPSA) is 85.1 Å². The summed E-state index contributed by atoms with van der Waals surface area (Å²) in [5.74, 6) is -1.05. The van der Waals surface area contributed by atoms with E-state index in [9.17, 15) is 12.8 Å². The average molecular weight is 395 g/mol. The van der Waals surface area contributed by atoms with Gasteiger partial charge in [0.2, 0.25) is 0 Å². The SMILES string of the molecule is Cc1cc(NS(=O)(=O)c2cc(Cl)cc(N)c2F)cnc1Br. The van der Waals surface area contributed by atoms with Crippen molar-refractivity contribution < 1.29 is 12.8 Å². The van der Waals surface area contributed by atoms with Gasteiger partial charge in [-0.05, 0) is 46.6 Å². The lowest BCUT2D eigenvalue weighted by atomic mass is 10.3. The minimum atomic E-state index is -4.16. The molecule has 3 N–H and O–H groups in total. The monoisotopic (exact) mass is 393 g/mol. The number of nitrogen functional groups attached to an aromatic ring is 1. The van der Waals surface area contributed by atoms with E-state index in [0.29, 0.717) is 4.60 Å². The summed E-state index contributed by atoms with van der Waals surface area (Å²) in [4.78, 5) is 3.34. The van der Waals surface area contributed by atoms with Crippen molar-refractivity contribution in [1.82, 2.24) is 4.98 Å². The molecule has 0 aliphatic rings. The van der Waals surface area contributed by atoms with Gasteiger partial charge in [0.25, 0.3) is 10.0 Å². The largest absolute Gasteiger partial charge is 0.396 e. The van der Waals surface area contributed by atoms with Crippen LogP contribution in [-0.4, -0.2) is 13.4 Å². The van der Waals surface area contributed by atoms with Crippen LogP contribution in [0, 0.1) is 12.7 Å². The number of benzene rings is 1. The van der Waals surface area contributed by atoms with Crippen molar-refractivity contribution in [3.05, 3.63) is 45.4 Å². The molecule has 1 aromatic heterocycles. The summed E-state index contributed by atoms with van der Waals surface area (Å²) in [6.45, 7) is 1.74. The van der Waals surface area contributed by atoms with E-state index < -0.39 is 20.7 Å². The third-order valence-electron chi connectivity index (χ3n) is 2.59. The van der Waals surface area contributed by atoms with Crippen LogP contribution in [-0.2, 0) is 10.0 Å². The molecule has 0 atom stereocenters. The van der Waals surface area contributed by atoms with Crippen LogP contribution in [0.3, 0.4) is 0 Å². The number of anilines is 2. The highest BCUT2D eigenvalue weighted by Gasteiger charge is 2.22. The van der Waals surface area contributed by atoms with Crippen LogP contribution < -0.4 is 10.5 Å². The van der Waals surface area contributed by atoms with E-state index in [1.54, 1.807) is 13.0 Å². The molecule has 5 nitrogen and oxygen atoms in total. The Morgan fingerprint density at radius 2 is 2.05 bits per heavy atom. The molecule has 9 heteroatoms. The number of sulfonamides is 1. The van der Waals surface area contributed by atoms with Crippen LogP contribution in [0.5, 0.6) is 0 Å². The summed E-state index contributed by atoms with van der Waals surface area (Å²) < 4.78 is 41.2. The van der Waals surface area contributed by atoms with E-state index in [2.05, 4.69) is 25.6 Å². The van der Waals surface area contributed by atoms with Crippen LogP contribution in [0.1, 0.15) is 5.56 Å². The van der Waals surface area contributed by atoms with Crippen LogP contribution in [0.2, 0.25) is 5.02 Å². The smallest absolute Gasteiger partial charge is 0.265 e. The number of nitrogens with zero attached hydrogens (tertiary/aromatic N) is 1. The Bertz CT molecular complexity index is 814. The van der Waals surface area contributed by atoms with Crippen molar-refractivity contribution in [3.63, 3.8) is 0 Å². The summed E-state index contributed by atoms with van der Waals surface area (Å²) in [5, 5.41) is 0.0272. The van der Waals surface area contributed by atoms with Crippen LogP contribution in [0.15, 0.2) is 33.9 Å². The fraction of sp³-hybridized carbons (Fsp3) is 0.0833. The lowest BCUT2D eigenvalue weighted by Crippen LogP contribution is -2.15. The van der Waals surface area contributed by atoms with Crippen molar-refractivity contribution in [2.75, 3.05) is 10.5 Å². The van der Waals surface area contributed by atoms with E-state index in [1.165, 1.54) is 6.20 Å². The second kappa shape index (κ2) is 5.78. The lowest BCUT2D eigenvalue weighted by molar-refractivity contribution is 0.573. The molecule has 1 heterocycles. The van der Waals surface area contributed by atoms with Crippen LogP contribution in [0.25, 0.3) is 0 Å². The highest BCUT2D eigenvalue weighted by Crippen LogP contribution is 2.27. The first kappa shape index (κ1) is 16.0. The van der Waals surface area contributed by atoms with Crippen molar-refractivity contribution in [2.45, 2.75) is 11.8 Å². The molecule has 2 aromatic rings. The van der Waals surface area contributed by atoms with E-state index in [4.69, 9.17) is 17.3 Å². The standard InChI is InChI=1S/C12H10BrClFN3O2S/c1-6-2-8(5-17-12(6)13)18-21(19,20)10-4-7(14)3-9(16)11(10)15/h2-5,18H,16H2,1H3. The predicted molar refractivity (Wildman–Crippen MR) is 83.3 cm³/mol. The Kier molecular flexibility index (Phi) is 4.40. The van der Waals surface area contributed by atoms with Gasteiger partial charge in [-0.3, -0.25) is 4.72 Å². The number of nitrogens with one attached hydrogen (secondary N) is 1. The Morgan fingerprint density at radius 3 is 2.67 bits per heavy atom. The average Bonchev–Trinajstić information content (AvgIpc) is 2.37. The Morgan fingerprint density at radius 1 is 1.38 bits per heavy atom. The highest BCUT2D eigenvalue weighted by atomic mass is 79.9. The first-order chi connectivity index (χ1) is 9.70. The molecule has 0 saturated heterocycles. The summed E-state index contributed by atoms with van der Waals surface area (Å²) in [6, 6.07) is 3.69. The second-order valence-corrected chi connectivity index (χ2v) is 7.08. The van der Waals surface area contributed by atoms with E-state index in [-0.39, 0.29) is 16.4 Å². The number of aryl methyl sites for hydroxylation is 1. The summed E-state index contributed by atoms with van der Waals surface area (Å²) in [5.41, 5.74) is 5.97. The van der Waals surface area contributed by atoms with Gasteiger partial charge in [-0.2, -0.15) is 0 Å². The molecule has 0 radical (unpaired) electrons. The predicted octanol–water partition coefficient (Wildman–Crippen LogP) is 3.33. The molecule has 0 bridgehead atoms. The molecular formula is C12H10BrClFN3O2S. The molecule has 0 aliphatic heterocycles. The van der Waals surface area contributed by atoms with Crippen LogP contribution in [0.4, 0.5) is 15.8 Å². The number of nitrogens with two attached hydrogens (primary N) is 1. The summed E-state index contributed by atoms with van der Waals surface area (Å²) in [7, 11) is -4.16. The van der Waals surface area contributed by atoms with Crippen molar-refractivity contribution in [3.8, 4) is 0 Å². The third-order valence-corrected chi connectivity index (χ3v) is 5.02. The molecule has 0 unspecified atom stereocenters. The minimum Gasteiger partial charge on any atom is -0.396 e. The number of hydrogen-bond acceptors (Lipinski definition) is 4. The zero-order valence-electron chi connectivity index (χ0n) is 10.7. The molecule has 0 amide bonds. The lowest BCUT2D eigenvalue weighted by Gasteiger charge is -2.11. The second-order valence-electron chi connectivity index (χ2n) is 4.24. The van der Waals surface area contributed by atoms with Gasteiger partial charge in [-0.25, -0.2) is 17.8 Å². The zero-order chi connectivity index (χ0) is 15.8. The molecule has 2 rings (SSSR count). The maximum atomic E-state index is 13.9. The number of halogens is 3. The first-order valence-corrected chi connectivity index (χ1v) is 8.25. The highest BCUT2D eigenvalue weighted by molar-refractivity contribution is 9.10. The Labute approximate surface area is 134 Å². The molecule has 0 fully saturated rings. The van der Waals surface area contributed by atoms with Crippen LogP contribution >= 0.6 is 27.5 Å². The minimum absolute atomic E-state index is 0.0272. The number of aromatic nitrogens is 1. The Balaban J connectivity index is 2.45. The molecule has 1 aromatic carbocycles. The molecular weight excluding hydrogens is 385 g/mol. The maximum Gasteiger partial charge on any atom is 0.265 e. The van der Waals surface area contributed by atoms with Gasteiger partial charge in [0, 0.05) is 5.02 Å². The first-order valence-electron chi connectivity index (χ1n) is 5.60. The fourth-order valence-electron chi connectivity index (χ4n) is 1.60. The number of pyridine rings is 1. The van der Waals surface area contributed by atoms with E-state index in [1.807, 2.05) is 0 Å².